The van der Waals surface area contributed by atoms with Crippen LogP contribution in [0, 0.1) is 6.92 Å². The molecule has 1 heterocycles. The van der Waals surface area contributed by atoms with Gasteiger partial charge in [0.15, 0.2) is 9.84 Å². The molecule has 0 atom stereocenters. The summed E-state index contributed by atoms with van der Waals surface area (Å²) in [6, 6.07) is 5.72. The van der Waals surface area contributed by atoms with Crippen LogP contribution in [0.5, 0.6) is 5.75 Å². The first-order chi connectivity index (χ1) is 9.91. The highest BCUT2D eigenvalue weighted by atomic mass is 32.2. The standard InChI is InChI=1S/C15H21NO4S/c1-12-4-5-14(20-2)13(10-12)11-15(17)16-6-3-8-21(18,19)9-7-16/h4-5,10H,3,6-9,11H2,1-2H3. The lowest BCUT2D eigenvalue weighted by atomic mass is 10.1. The summed E-state index contributed by atoms with van der Waals surface area (Å²) in [5.74, 6) is 0.876. The summed E-state index contributed by atoms with van der Waals surface area (Å²) in [5, 5.41) is 0. The maximum atomic E-state index is 12.4. The number of amides is 1. The van der Waals surface area contributed by atoms with Crippen molar-refractivity contribution >= 4 is 15.7 Å². The van der Waals surface area contributed by atoms with Crippen molar-refractivity contribution in [3.63, 3.8) is 0 Å². The maximum Gasteiger partial charge on any atom is 0.227 e. The number of rotatable bonds is 3. The van der Waals surface area contributed by atoms with Crippen molar-refractivity contribution in [3.05, 3.63) is 29.3 Å². The van der Waals surface area contributed by atoms with Gasteiger partial charge < -0.3 is 9.64 Å². The molecule has 0 aromatic heterocycles. The van der Waals surface area contributed by atoms with Crippen molar-refractivity contribution < 1.29 is 17.9 Å². The Balaban J connectivity index is 2.09. The van der Waals surface area contributed by atoms with E-state index in [-0.39, 0.29) is 30.4 Å². The summed E-state index contributed by atoms with van der Waals surface area (Å²) in [6.45, 7) is 2.76. The Hall–Kier alpha value is -1.56. The highest BCUT2D eigenvalue weighted by molar-refractivity contribution is 7.91. The minimum atomic E-state index is -3.00. The van der Waals surface area contributed by atoms with Gasteiger partial charge in [0, 0.05) is 18.7 Å². The first kappa shape index (κ1) is 15.8. The third-order valence-electron chi connectivity index (χ3n) is 3.69. The Morgan fingerprint density at radius 2 is 2.05 bits per heavy atom. The van der Waals surface area contributed by atoms with Gasteiger partial charge in [0.25, 0.3) is 0 Å². The number of carbonyl (C=O) groups excluding carboxylic acids is 1. The molecule has 21 heavy (non-hydrogen) atoms. The van der Waals surface area contributed by atoms with E-state index in [1.165, 1.54) is 0 Å². The second kappa shape index (κ2) is 6.47. The maximum absolute atomic E-state index is 12.4. The number of methoxy groups -OCH3 is 1. The normalized spacial score (nSPS) is 18.1. The SMILES string of the molecule is COc1ccc(C)cc1CC(=O)N1CCCS(=O)(=O)CC1. The Bertz CT molecular complexity index is 625. The lowest BCUT2D eigenvalue weighted by Gasteiger charge is -2.20. The number of carbonyl (C=O) groups is 1. The highest BCUT2D eigenvalue weighted by Gasteiger charge is 2.23. The molecule has 0 saturated carbocycles. The molecule has 0 spiro atoms. The van der Waals surface area contributed by atoms with Crippen LogP contribution in [0.2, 0.25) is 0 Å². The minimum absolute atomic E-state index is 0.0454. The van der Waals surface area contributed by atoms with E-state index in [9.17, 15) is 13.2 Å². The van der Waals surface area contributed by atoms with E-state index in [2.05, 4.69) is 0 Å². The summed E-state index contributed by atoms with van der Waals surface area (Å²) < 4.78 is 28.4. The zero-order valence-electron chi connectivity index (χ0n) is 12.5. The van der Waals surface area contributed by atoms with Crippen LogP contribution in [0.3, 0.4) is 0 Å². The average molecular weight is 311 g/mol. The molecular formula is C15H21NO4S. The van der Waals surface area contributed by atoms with Gasteiger partial charge in [-0.1, -0.05) is 17.7 Å². The van der Waals surface area contributed by atoms with Crippen LogP contribution in [0.1, 0.15) is 17.5 Å². The van der Waals surface area contributed by atoms with Crippen LogP contribution in [-0.4, -0.2) is 50.9 Å². The average Bonchev–Trinajstić information content (AvgIpc) is 2.60. The van der Waals surface area contributed by atoms with Gasteiger partial charge in [0.05, 0.1) is 25.0 Å². The predicted molar refractivity (Wildman–Crippen MR) is 81.3 cm³/mol. The van der Waals surface area contributed by atoms with Crippen LogP contribution in [0.25, 0.3) is 0 Å². The van der Waals surface area contributed by atoms with E-state index in [0.717, 1.165) is 11.1 Å². The number of ether oxygens (including phenoxy) is 1. The summed E-state index contributed by atoms with van der Waals surface area (Å²) in [4.78, 5) is 14.0. The molecule has 1 aliphatic heterocycles. The third-order valence-corrected chi connectivity index (χ3v) is 5.40. The monoisotopic (exact) mass is 311 g/mol. The summed E-state index contributed by atoms with van der Waals surface area (Å²) >= 11 is 0. The lowest BCUT2D eigenvalue weighted by molar-refractivity contribution is -0.130. The minimum Gasteiger partial charge on any atom is -0.496 e. The fourth-order valence-corrected chi connectivity index (χ4v) is 3.78. The molecule has 0 unspecified atom stereocenters. The summed E-state index contributed by atoms with van der Waals surface area (Å²) in [7, 11) is -1.42. The quantitative estimate of drug-likeness (QED) is 0.841. The number of hydrogen-bond acceptors (Lipinski definition) is 4. The molecule has 0 aliphatic carbocycles. The molecule has 5 nitrogen and oxygen atoms in total. The number of aryl methyl sites for hydroxylation is 1. The fraction of sp³-hybridized carbons (Fsp3) is 0.533. The second-order valence-corrected chi connectivity index (χ2v) is 7.68. The third kappa shape index (κ3) is 4.20. The van der Waals surface area contributed by atoms with Crippen LogP contribution < -0.4 is 4.74 Å². The van der Waals surface area contributed by atoms with Crippen LogP contribution >= 0.6 is 0 Å². The first-order valence-electron chi connectivity index (χ1n) is 7.03. The van der Waals surface area contributed by atoms with Crippen molar-refractivity contribution in [2.45, 2.75) is 19.8 Å². The van der Waals surface area contributed by atoms with Crippen molar-refractivity contribution in [2.75, 3.05) is 31.7 Å². The Kier molecular flexibility index (Phi) is 4.88. The topological polar surface area (TPSA) is 63.7 Å². The van der Waals surface area contributed by atoms with Gasteiger partial charge in [0.1, 0.15) is 5.75 Å². The Labute approximate surface area is 125 Å². The van der Waals surface area contributed by atoms with E-state index >= 15 is 0 Å². The molecule has 1 aromatic rings. The molecular weight excluding hydrogens is 290 g/mol. The molecule has 0 N–H and O–H groups in total. The Morgan fingerprint density at radius 1 is 1.29 bits per heavy atom. The fourth-order valence-electron chi connectivity index (χ4n) is 2.51. The largest absolute Gasteiger partial charge is 0.496 e. The van der Waals surface area contributed by atoms with Crippen molar-refractivity contribution in [3.8, 4) is 5.75 Å². The predicted octanol–water partition coefficient (Wildman–Crippen LogP) is 1.19. The lowest BCUT2D eigenvalue weighted by Crippen LogP contribution is -2.34. The highest BCUT2D eigenvalue weighted by Crippen LogP contribution is 2.21. The van der Waals surface area contributed by atoms with Crippen LogP contribution in [-0.2, 0) is 21.1 Å². The van der Waals surface area contributed by atoms with Gasteiger partial charge in [-0.3, -0.25) is 4.79 Å². The van der Waals surface area contributed by atoms with E-state index in [1.54, 1.807) is 12.0 Å². The van der Waals surface area contributed by atoms with Crippen LogP contribution in [0.4, 0.5) is 0 Å². The molecule has 1 saturated heterocycles. The smallest absolute Gasteiger partial charge is 0.227 e. The number of hydrogen-bond donors (Lipinski definition) is 0. The van der Waals surface area contributed by atoms with Crippen molar-refractivity contribution in [1.82, 2.24) is 4.90 Å². The molecule has 1 aromatic carbocycles. The molecule has 1 aliphatic rings. The summed E-state index contributed by atoms with van der Waals surface area (Å²) in [6.07, 6.45) is 0.754. The first-order valence-corrected chi connectivity index (χ1v) is 8.85. The molecule has 1 fully saturated rings. The van der Waals surface area contributed by atoms with Crippen LogP contribution in [0.15, 0.2) is 18.2 Å². The molecule has 0 radical (unpaired) electrons. The van der Waals surface area contributed by atoms with Gasteiger partial charge in [-0.15, -0.1) is 0 Å². The number of nitrogens with zero attached hydrogens (tertiary/aromatic N) is 1. The zero-order chi connectivity index (χ0) is 15.5. The van der Waals surface area contributed by atoms with Crippen molar-refractivity contribution in [2.24, 2.45) is 0 Å². The van der Waals surface area contributed by atoms with Gasteiger partial charge in [-0.2, -0.15) is 0 Å². The molecule has 1 amide bonds. The molecule has 6 heteroatoms. The van der Waals surface area contributed by atoms with Gasteiger partial charge in [0.2, 0.25) is 5.91 Å². The van der Waals surface area contributed by atoms with E-state index in [4.69, 9.17) is 4.74 Å². The van der Waals surface area contributed by atoms with E-state index < -0.39 is 9.84 Å². The van der Waals surface area contributed by atoms with Crippen molar-refractivity contribution in [1.29, 1.82) is 0 Å². The summed E-state index contributed by atoms with van der Waals surface area (Å²) in [5.41, 5.74) is 1.91. The number of benzene rings is 1. The van der Waals surface area contributed by atoms with Gasteiger partial charge >= 0.3 is 0 Å². The zero-order valence-corrected chi connectivity index (χ0v) is 13.3. The van der Waals surface area contributed by atoms with E-state index in [1.807, 2.05) is 25.1 Å². The molecule has 116 valence electrons. The second-order valence-electron chi connectivity index (χ2n) is 5.38. The van der Waals surface area contributed by atoms with Gasteiger partial charge in [-0.25, -0.2) is 8.42 Å². The molecule has 2 rings (SSSR count). The van der Waals surface area contributed by atoms with E-state index in [0.29, 0.717) is 18.7 Å². The molecule has 0 bridgehead atoms. The number of sulfone groups is 1. The Morgan fingerprint density at radius 3 is 2.76 bits per heavy atom. The van der Waals surface area contributed by atoms with Gasteiger partial charge in [-0.05, 0) is 19.4 Å².